The van der Waals surface area contributed by atoms with Crippen LogP contribution in [0.4, 0.5) is 4.39 Å². The van der Waals surface area contributed by atoms with Crippen molar-refractivity contribution >= 4 is 21.8 Å². The van der Waals surface area contributed by atoms with E-state index in [4.69, 9.17) is 0 Å². The van der Waals surface area contributed by atoms with Gasteiger partial charge in [-0.05, 0) is 43.2 Å². The number of aromatic nitrogens is 2. The van der Waals surface area contributed by atoms with Gasteiger partial charge in [0.2, 0.25) is 5.95 Å². The molecule has 3 rings (SSSR count). The van der Waals surface area contributed by atoms with Gasteiger partial charge >= 0.3 is 0 Å². The van der Waals surface area contributed by atoms with E-state index in [0.717, 1.165) is 5.56 Å². The molecule has 1 atom stereocenters. The molecule has 2 aromatic heterocycles. The fraction of sp³-hybridized carbons (Fsp3) is 0.250. The van der Waals surface area contributed by atoms with Crippen LogP contribution < -0.4 is 5.56 Å². The van der Waals surface area contributed by atoms with E-state index >= 15 is 0 Å². The lowest BCUT2D eigenvalue weighted by molar-refractivity contribution is 0.201. The molecule has 0 amide bonds. The molecule has 0 radical (unpaired) electrons. The fourth-order valence-electron chi connectivity index (χ4n) is 2.77. The van der Waals surface area contributed by atoms with E-state index in [-0.39, 0.29) is 11.2 Å². The third-order valence-electron chi connectivity index (χ3n) is 3.73. The Hall–Kier alpha value is -2.27. The summed E-state index contributed by atoms with van der Waals surface area (Å²) in [6.45, 7) is 3.52. The highest BCUT2D eigenvalue weighted by atomic mass is 19.1. The minimum atomic E-state index is -0.729. The van der Waals surface area contributed by atoms with E-state index < -0.39 is 12.1 Å². The molecule has 0 spiro atoms. The molecular formula is C16H15FN2O2. The highest BCUT2D eigenvalue weighted by Gasteiger charge is 2.16. The molecule has 1 unspecified atom stereocenters. The topological polar surface area (TPSA) is 55.1 Å². The molecule has 2 heterocycles. The summed E-state index contributed by atoms with van der Waals surface area (Å²) in [5.41, 5.74) is 1.57. The van der Waals surface area contributed by atoms with Crippen molar-refractivity contribution in [1.82, 2.24) is 9.55 Å². The number of aryl methyl sites for hydroxylation is 2. The van der Waals surface area contributed by atoms with Gasteiger partial charge in [-0.15, -0.1) is 0 Å². The van der Waals surface area contributed by atoms with Gasteiger partial charge in [-0.2, -0.15) is 4.39 Å². The average Bonchev–Trinajstić information content (AvgIpc) is 2.44. The first-order valence-corrected chi connectivity index (χ1v) is 6.67. The summed E-state index contributed by atoms with van der Waals surface area (Å²) < 4.78 is 14.7. The van der Waals surface area contributed by atoms with Crippen molar-refractivity contribution in [3.8, 4) is 0 Å². The Kier molecular flexibility index (Phi) is 3.02. The predicted octanol–water partition coefficient (Wildman–Crippen LogP) is 2.59. The molecular weight excluding hydrogens is 271 g/mol. The second-order valence-electron chi connectivity index (χ2n) is 5.32. The number of aliphatic hydroxyl groups excluding tert-OH is 1. The highest BCUT2D eigenvalue weighted by Crippen LogP contribution is 2.30. The molecule has 3 aromatic rings. The number of fused-ring (bicyclic) bond motifs is 3. The number of halogens is 1. The van der Waals surface area contributed by atoms with Gasteiger partial charge in [0.1, 0.15) is 5.65 Å². The summed E-state index contributed by atoms with van der Waals surface area (Å²) >= 11 is 0. The van der Waals surface area contributed by atoms with Crippen LogP contribution in [0.25, 0.3) is 21.8 Å². The molecule has 0 aliphatic carbocycles. The Morgan fingerprint density at radius 2 is 2.00 bits per heavy atom. The molecule has 0 fully saturated rings. The third-order valence-corrected chi connectivity index (χ3v) is 3.73. The van der Waals surface area contributed by atoms with Crippen molar-refractivity contribution < 1.29 is 9.50 Å². The maximum Gasteiger partial charge on any atom is 0.259 e. The largest absolute Gasteiger partial charge is 0.389 e. The maximum atomic E-state index is 13.4. The summed E-state index contributed by atoms with van der Waals surface area (Å²) in [7, 11) is 1.57. The molecule has 0 bridgehead atoms. The van der Waals surface area contributed by atoms with Crippen LogP contribution in [0.15, 0.2) is 29.1 Å². The van der Waals surface area contributed by atoms with Crippen LogP contribution in [0, 0.1) is 12.9 Å². The molecule has 0 aliphatic heterocycles. The highest BCUT2D eigenvalue weighted by molar-refractivity contribution is 6.06. The van der Waals surface area contributed by atoms with E-state index in [0.29, 0.717) is 21.7 Å². The zero-order valence-corrected chi connectivity index (χ0v) is 12.0. The lowest BCUT2D eigenvalue weighted by Crippen LogP contribution is -2.19. The number of pyridine rings is 2. The van der Waals surface area contributed by atoms with Gasteiger partial charge in [0.15, 0.2) is 0 Å². The van der Waals surface area contributed by atoms with Gasteiger partial charge in [-0.25, -0.2) is 4.98 Å². The van der Waals surface area contributed by atoms with Crippen molar-refractivity contribution in [3.63, 3.8) is 0 Å². The van der Waals surface area contributed by atoms with Crippen molar-refractivity contribution in [1.29, 1.82) is 0 Å². The maximum absolute atomic E-state index is 13.4. The smallest absolute Gasteiger partial charge is 0.259 e. The van der Waals surface area contributed by atoms with Gasteiger partial charge in [0.05, 0.1) is 6.10 Å². The van der Waals surface area contributed by atoms with Crippen LogP contribution in [0.1, 0.15) is 24.2 Å². The zero-order chi connectivity index (χ0) is 15.3. The van der Waals surface area contributed by atoms with Crippen LogP contribution in [-0.4, -0.2) is 14.7 Å². The minimum Gasteiger partial charge on any atom is -0.389 e. The normalized spacial score (nSPS) is 13.0. The monoisotopic (exact) mass is 286 g/mol. The molecule has 1 aromatic carbocycles. The van der Waals surface area contributed by atoms with Crippen molar-refractivity contribution in [2.24, 2.45) is 7.05 Å². The van der Waals surface area contributed by atoms with Crippen LogP contribution >= 0.6 is 0 Å². The summed E-state index contributed by atoms with van der Waals surface area (Å²) in [6, 6.07) is 6.49. The van der Waals surface area contributed by atoms with Crippen LogP contribution in [0.3, 0.4) is 0 Å². The van der Waals surface area contributed by atoms with Gasteiger partial charge in [-0.1, -0.05) is 6.07 Å². The Morgan fingerprint density at radius 3 is 2.67 bits per heavy atom. The SMILES string of the molecule is Cc1cc(C(C)O)c2c(c1)c(=O)n(C)c1nc(F)ccc21. The quantitative estimate of drug-likeness (QED) is 0.552. The van der Waals surface area contributed by atoms with Crippen molar-refractivity contribution in [2.75, 3.05) is 0 Å². The first-order valence-electron chi connectivity index (χ1n) is 6.67. The van der Waals surface area contributed by atoms with E-state index in [1.807, 2.05) is 13.0 Å². The van der Waals surface area contributed by atoms with Gasteiger partial charge in [0.25, 0.3) is 5.56 Å². The van der Waals surface area contributed by atoms with Gasteiger partial charge in [-0.3, -0.25) is 9.36 Å². The molecule has 21 heavy (non-hydrogen) atoms. The zero-order valence-electron chi connectivity index (χ0n) is 12.0. The van der Waals surface area contributed by atoms with Gasteiger partial charge in [0, 0.05) is 23.2 Å². The Balaban J connectivity index is 2.68. The van der Waals surface area contributed by atoms with E-state index in [9.17, 15) is 14.3 Å². The molecule has 0 aliphatic rings. The number of benzene rings is 1. The van der Waals surface area contributed by atoms with Gasteiger partial charge < -0.3 is 5.11 Å². The van der Waals surface area contributed by atoms with E-state index in [1.54, 1.807) is 26.1 Å². The van der Waals surface area contributed by atoms with Crippen LogP contribution in [-0.2, 0) is 7.05 Å². The summed E-state index contributed by atoms with van der Waals surface area (Å²) in [5, 5.41) is 11.8. The minimum absolute atomic E-state index is 0.249. The molecule has 0 saturated carbocycles. The number of hydrogen-bond donors (Lipinski definition) is 1. The summed E-state index contributed by atoms with van der Waals surface area (Å²) in [6.07, 6.45) is -0.729. The standard InChI is InChI=1S/C16H15FN2O2/c1-8-6-11(9(2)20)14-10-4-5-13(17)18-15(10)19(3)16(21)12(14)7-8/h4-7,9,20H,1-3H3. The predicted molar refractivity (Wildman–Crippen MR) is 79.8 cm³/mol. The first kappa shape index (κ1) is 13.7. The number of aliphatic hydroxyl groups is 1. The Labute approximate surface area is 120 Å². The Bertz CT molecular complexity index is 929. The van der Waals surface area contributed by atoms with E-state index in [2.05, 4.69) is 4.98 Å². The molecule has 1 N–H and O–H groups in total. The van der Waals surface area contributed by atoms with Crippen LogP contribution in [0.2, 0.25) is 0 Å². The first-order chi connectivity index (χ1) is 9.90. The number of hydrogen-bond acceptors (Lipinski definition) is 3. The fourth-order valence-corrected chi connectivity index (χ4v) is 2.77. The summed E-state index contributed by atoms with van der Waals surface area (Å²) in [4.78, 5) is 16.3. The molecule has 4 nitrogen and oxygen atoms in total. The number of rotatable bonds is 1. The van der Waals surface area contributed by atoms with Crippen molar-refractivity contribution in [2.45, 2.75) is 20.0 Å². The molecule has 0 saturated heterocycles. The lowest BCUT2D eigenvalue weighted by atomic mass is 9.96. The van der Waals surface area contributed by atoms with Crippen molar-refractivity contribution in [3.05, 3.63) is 51.7 Å². The average molecular weight is 286 g/mol. The molecule has 5 heteroatoms. The number of nitrogens with zero attached hydrogens (tertiary/aromatic N) is 2. The third kappa shape index (κ3) is 2.01. The lowest BCUT2D eigenvalue weighted by Gasteiger charge is -2.14. The summed E-state index contributed by atoms with van der Waals surface area (Å²) in [5.74, 6) is -0.637. The second-order valence-corrected chi connectivity index (χ2v) is 5.32. The van der Waals surface area contributed by atoms with Crippen LogP contribution in [0.5, 0.6) is 0 Å². The molecule has 108 valence electrons. The second kappa shape index (κ2) is 4.63. The Morgan fingerprint density at radius 1 is 1.29 bits per heavy atom. The van der Waals surface area contributed by atoms with E-state index in [1.165, 1.54) is 10.6 Å².